The molecule has 0 bridgehead atoms. The molecule has 0 unspecified atom stereocenters. The minimum Gasteiger partial charge on any atom is -0.349 e. The number of halogens is 1. The van der Waals surface area contributed by atoms with Crippen molar-refractivity contribution in [1.29, 1.82) is 0 Å². The Bertz CT molecular complexity index is 1170. The van der Waals surface area contributed by atoms with Crippen LogP contribution < -0.4 is 10.2 Å². The molecule has 1 aromatic heterocycles. The van der Waals surface area contributed by atoms with Crippen LogP contribution in [0.3, 0.4) is 0 Å². The van der Waals surface area contributed by atoms with E-state index in [1.54, 1.807) is 12.3 Å². The van der Waals surface area contributed by atoms with Crippen molar-refractivity contribution in [3.63, 3.8) is 0 Å². The third-order valence-electron chi connectivity index (χ3n) is 7.20. The number of nitrogens with zero attached hydrogens (tertiary/aromatic N) is 5. The lowest BCUT2D eigenvalue weighted by molar-refractivity contribution is 0.145. The number of piperazine rings is 1. The molecule has 5 rings (SSSR count). The number of hydrogen-bond acceptors (Lipinski definition) is 5. The topological polar surface area (TPSA) is 64.6 Å². The van der Waals surface area contributed by atoms with Crippen LogP contribution in [0.5, 0.6) is 0 Å². The maximum absolute atomic E-state index is 13.5. The SMILES string of the molecule is C[C@@H]1CN(c2cnc3cc(F)ccc3n2)[C@@H](C)CN1C(=O)NC1CCN(Cc2ccccc2)CC1. The van der Waals surface area contributed by atoms with Crippen molar-refractivity contribution in [1.82, 2.24) is 25.1 Å². The molecule has 2 aromatic carbocycles. The van der Waals surface area contributed by atoms with Gasteiger partial charge in [0.15, 0.2) is 0 Å². The summed E-state index contributed by atoms with van der Waals surface area (Å²) >= 11 is 0. The van der Waals surface area contributed by atoms with Gasteiger partial charge in [0.25, 0.3) is 0 Å². The first kappa shape index (κ1) is 23.5. The maximum atomic E-state index is 13.5. The Kier molecular flexibility index (Phi) is 6.81. The molecule has 184 valence electrons. The van der Waals surface area contributed by atoms with Gasteiger partial charge in [-0.05, 0) is 44.4 Å². The zero-order chi connectivity index (χ0) is 24.4. The lowest BCUT2D eigenvalue weighted by Crippen LogP contribution is -2.61. The average molecular weight is 477 g/mol. The van der Waals surface area contributed by atoms with Gasteiger partial charge in [-0.3, -0.25) is 9.88 Å². The fourth-order valence-electron chi connectivity index (χ4n) is 5.18. The number of aromatic nitrogens is 2. The Morgan fingerprint density at radius 2 is 1.80 bits per heavy atom. The molecule has 0 spiro atoms. The van der Waals surface area contributed by atoms with E-state index in [1.165, 1.54) is 17.7 Å². The van der Waals surface area contributed by atoms with Gasteiger partial charge in [-0.25, -0.2) is 14.2 Å². The lowest BCUT2D eigenvalue weighted by Gasteiger charge is -2.45. The highest BCUT2D eigenvalue weighted by atomic mass is 19.1. The van der Waals surface area contributed by atoms with Gasteiger partial charge in [-0.15, -0.1) is 0 Å². The van der Waals surface area contributed by atoms with Crippen LogP contribution in [0.1, 0.15) is 32.3 Å². The molecule has 2 fully saturated rings. The molecule has 35 heavy (non-hydrogen) atoms. The van der Waals surface area contributed by atoms with Crippen LogP contribution in [0, 0.1) is 5.82 Å². The highest BCUT2D eigenvalue weighted by Gasteiger charge is 2.34. The summed E-state index contributed by atoms with van der Waals surface area (Å²) in [6, 6.07) is 15.4. The molecule has 2 amide bonds. The van der Waals surface area contributed by atoms with E-state index in [9.17, 15) is 9.18 Å². The predicted molar refractivity (Wildman–Crippen MR) is 136 cm³/mol. The third kappa shape index (κ3) is 5.37. The molecule has 3 heterocycles. The molecule has 0 aliphatic carbocycles. The second kappa shape index (κ2) is 10.2. The van der Waals surface area contributed by atoms with Gasteiger partial charge in [0.05, 0.1) is 17.2 Å². The Labute approximate surface area is 205 Å². The zero-order valence-electron chi connectivity index (χ0n) is 20.4. The highest BCUT2D eigenvalue weighted by molar-refractivity contribution is 5.77. The Balaban J connectivity index is 1.15. The number of benzene rings is 2. The monoisotopic (exact) mass is 476 g/mol. The fourth-order valence-corrected chi connectivity index (χ4v) is 5.18. The number of urea groups is 1. The minimum atomic E-state index is -0.317. The van der Waals surface area contributed by atoms with E-state index in [0.717, 1.165) is 38.3 Å². The van der Waals surface area contributed by atoms with Crippen LogP contribution in [-0.4, -0.2) is 70.1 Å². The van der Waals surface area contributed by atoms with Gasteiger partial charge < -0.3 is 15.1 Å². The van der Waals surface area contributed by atoms with Gasteiger partial charge in [-0.2, -0.15) is 0 Å². The first-order valence-corrected chi connectivity index (χ1v) is 12.5. The molecular formula is C27H33FN6O. The molecular weight excluding hydrogens is 443 g/mol. The Hall–Kier alpha value is -3.26. The summed E-state index contributed by atoms with van der Waals surface area (Å²) in [6.45, 7) is 8.41. The number of likely N-dealkylation sites (tertiary alicyclic amines) is 1. The van der Waals surface area contributed by atoms with Crippen LogP contribution in [-0.2, 0) is 6.54 Å². The van der Waals surface area contributed by atoms with Crippen molar-refractivity contribution < 1.29 is 9.18 Å². The molecule has 0 radical (unpaired) electrons. The second-order valence-electron chi connectivity index (χ2n) is 9.85. The molecule has 2 saturated heterocycles. The van der Waals surface area contributed by atoms with E-state index in [1.807, 2.05) is 11.0 Å². The van der Waals surface area contributed by atoms with Crippen LogP contribution in [0.25, 0.3) is 11.0 Å². The molecule has 7 nitrogen and oxygen atoms in total. The number of carbonyl (C=O) groups excluding carboxylic acids is 1. The summed E-state index contributed by atoms with van der Waals surface area (Å²) < 4.78 is 13.5. The molecule has 2 atom stereocenters. The highest BCUT2D eigenvalue weighted by Crippen LogP contribution is 2.24. The van der Waals surface area contributed by atoms with Crippen LogP contribution >= 0.6 is 0 Å². The standard InChI is InChI=1S/C27H33FN6O/c1-19-17-34(20(2)16-33(19)26-15-29-25-14-22(28)8-9-24(25)31-26)27(35)30-23-10-12-32(13-11-23)18-21-6-4-3-5-7-21/h3-9,14-15,19-20,23H,10-13,16-18H2,1-2H3,(H,30,35)/t19-,20+/m0/s1. The molecule has 2 aliphatic rings. The number of amides is 2. The number of rotatable bonds is 4. The largest absolute Gasteiger partial charge is 0.349 e. The number of fused-ring (bicyclic) bond motifs is 1. The molecule has 2 aliphatic heterocycles. The van der Waals surface area contributed by atoms with E-state index in [0.29, 0.717) is 24.1 Å². The summed E-state index contributed by atoms with van der Waals surface area (Å²) in [5.74, 6) is 0.442. The van der Waals surface area contributed by atoms with Crippen molar-refractivity contribution in [3.8, 4) is 0 Å². The van der Waals surface area contributed by atoms with Crippen LogP contribution in [0.15, 0.2) is 54.7 Å². The fraction of sp³-hybridized carbons (Fsp3) is 0.444. The summed E-state index contributed by atoms with van der Waals surface area (Å²) in [7, 11) is 0. The van der Waals surface area contributed by atoms with Crippen molar-refractivity contribution in [3.05, 3.63) is 66.1 Å². The number of piperidine rings is 1. The number of nitrogens with one attached hydrogen (secondary N) is 1. The quantitative estimate of drug-likeness (QED) is 0.616. The molecule has 3 aromatic rings. The Morgan fingerprint density at radius 1 is 1.03 bits per heavy atom. The number of hydrogen-bond donors (Lipinski definition) is 1. The molecule has 8 heteroatoms. The summed E-state index contributed by atoms with van der Waals surface area (Å²) in [4.78, 5) is 28.9. The summed E-state index contributed by atoms with van der Waals surface area (Å²) in [5, 5.41) is 3.29. The minimum absolute atomic E-state index is 0.0191. The second-order valence-corrected chi connectivity index (χ2v) is 9.85. The van der Waals surface area contributed by atoms with E-state index in [-0.39, 0.29) is 30.0 Å². The Morgan fingerprint density at radius 3 is 2.57 bits per heavy atom. The van der Waals surface area contributed by atoms with Crippen molar-refractivity contribution in [2.45, 2.75) is 51.4 Å². The van der Waals surface area contributed by atoms with Crippen molar-refractivity contribution in [2.24, 2.45) is 0 Å². The van der Waals surface area contributed by atoms with E-state index >= 15 is 0 Å². The van der Waals surface area contributed by atoms with Gasteiger partial charge >= 0.3 is 6.03 Å². The van der Waals surface area contributed by atoms with E-state index in [4.69, 9.17) is 4.98 Å². The smallest absolute Gasteiger partial charge is 0.317 e. The third-order valence-corrected chi connectivity index (χ3v) is 7.20. The maximum Gasteiger partial charge on any atom is 0.317 e. The number of anilines is 1. The molecule has 1 N–H and O–H groups in total. The zero-order valence-corrected chi connectivity index (χ0v) is 20.4. The van der Waals surface area contributed by atoms with Crippen LogP contribution in [0.4, 0.5) is 15.0 Å². The molecule has 0 saturated carbocycles. The average Bonchev–Trinajstić information content (AvgIpc) is 2.86. The van der Waals surface area contributed by atoms with Crippen molar-refractivity contribution >= 4 is 22.9 Å². The van der Waals surface area contributed by atoms with Gasteiger partial charge in [-0.1, -0.05) is 30.3 Å². The summed E-state index contributed by atoms with van der Waals surface area (Å²) in [6.07, 6.45) is 3.63. The van der Waals surface area contributed by atoms with Crippen LogP contribution in [0.2, 0.25) is 0 Å². The lowest BCUT2D eigenvalue weighted by atomic mass is 10.0. The first-order chi connectivity index (χ1) is 17.0. The number of carbonyl (C=O) groups is 1. The van der Waals surface area contributed by atoms with Gasteiger partial charge in [0.2, 0.25) is 0 Å². The predicted octanol–water partition coefficient (Wildman–Crippen LogP) is 4.04. The van der Waals surface area contributed by atoms with Gasteiger partial charge in [0.1, 0.15) is 11.6 Å². The normalized spacial score (nSPS) is 21.9. The van der Waals surface area contributed by atoms with Gasteiger partial charge in [0, 0.05) is 56.9 Å². The van der Waals surface area contributed by atoms with E-state index in [2.05, 4.69) is 58.2 Å². The first-order valence-electron chi connectivity index (χ1n) is 12.5. The van der Waals surface area contributed by atoms with Crippen molar-refractivity contribution in [2.75, 3.05) is 31.1 Å². The van der Waals surface area contributed by atoms with E-state index < -0.39 is 0 Å². The summed E-state index contributed by atoms with van der Waals surface area (Å²) in [5.41, 5.74) is 2.55.